The van der Waals surface area contributed by atoms with Crippen LogP contribution in [0.4, 0.5) is 0 Å². The van der Waals surface area contributed by atoms with Gasteiger partial charge in [-0.05, 0) is 31.6 Å². The number of hydrogen-bond donors (Lipinski definition) is 1. The normalized spacial score (nSPS) is 10.6. The van der Waals surface area contributed by atoms with Crippen molar-refractivity contribution in [3.63, 3.8) is 0 Å². The van der Waals surface area contributed by atoms with E-state index in [1.165, 1.54) is 0 Å². The molecule has 0 radical (unpaired) electrons. The molecule has 0 bridgehead atoms. The van der Waals surface area contributed by atoms with Crippen molar-refractivity contribution in [1.82, 2.24) is 10.3 Å². The second kappa shape index (κ2) is 6.77. The van der Waals surface area contributed by atoms with E-state index in [-0.39, 0.29) is 5.91 Å². The highest BCUT2D eigenvalue weighted by Gasteiger charge is 2.02. The van der Waals surface area contributed by atoms with Gasteiger partial charge in [0.15, 0.2) is 0 Å². The van der Waals surface area contributed by atoms with Crippen LogP contribution in [0.3, 0.4) is 0 Å². The molecule has 16 heavy (non-hydrogen) atoms. The third-order valence-electron chi connectivity index (χ3n) is 2.13. The Morgan fingerprint density at radius 3 is 2.81 bits per heavy atom. The van der Waals surface area contributed by atoms with Crippen LogP contribution in [0.2, 0.25) is 0 Å². The first-order valence-corrected chi connectivity index (χ1v) is 5.68. The summed E-state index contributed by atoms with van der Waals surface area (Å²) >= 11 is 0. The van der Waals surface area contributed by atoms with E-state index in [4.69, 9.17) is 0 Å². The number of carbonyl (C=O) groups excluding carboxylic acids is 1. The maximum Gasteiger partial charge on any atom is 0.252 e. The molecule has 0 aliphatic rings. The van der Waals surface area contributed by atoms with Crippen molar-refractivity contribution >= 4 is 12.0 Å². The van der Waals surface area contributed by atoms with Gasteiger partial charge in [0.1, 0.15) is 0 Å². The Morgan fingerprint density at radius 1 is 1.44 bits per heavy atom. The monoisotopic (exact) mass is 218 g/mol. The summed E-state index contributed by atoms with van der Waals surface area (Å²) in [5, 5.41) is 2.74. The Kier molecular flexibility index (Phi) is 5.26. The van der Waals surface area contributed by atoms with Crippen LogP contribution < -0.4 is 5.32 Å². The summed E-state index contributed by atoms with van der Waals surface area (Å²) in [5.41, 5.74) is 1.50. The second-order valence-electron chi connectivity index (χ2n) is 3.52. The van der Waals surface area contributed by atoms with E-state index in [1.54, 1.807) is 12.3 Å². The molecule has 1 aromatic heterocycles. The van der Waals surface area contributed by atoms with Crippen LogP contribution in [0.15, 0.2) is 24.4 Å². The van der Waals surface area contributed by atoms with Crippen LogP contribution in [-0.2, 0) is 0 Å². The predicted octanol–water partition coefficient (Wildman–Crippen LogP) is 2.64. The largest absolute Gasteiger partial charge is 0.352 e. The van der Waals surface area contributed by atoms with Crippen molar-refractivity contribution in [3.05, 3.63) is 35.7 Å². The van der Waals surface area contributed by atoms with Gasteiger partial charge < -0.3 is 5.32 Å². The molecule has 3 nitrogen and oxygen atoms in total. The van der Waals surface area contributed by atoms with Gasteiger partial charge in [-0.25, -0.2) is 0 Å². The molecule has 0 spiro atoms. The molecule has 0 aromatic carbocycles. The van der Waals surface area contributed by atoms with Crippen molar-refractivity contribution in [2.24, 2.45) is 0 Å². The van der Waals surface area contributed by atoms with E-state index < -0.39 is 0 Å². The van der Waals surface area contributed by atoms with Gasteiger partial charge in [-0.1, -0.05) is 19.4 Å². The average molecular weight is 218 g/mol. The Hall–Kier alpha value is -1.64. The number of hydrogen-bond acceptors (Lipinski definition) is 2. The van der Waals surface area contributed by atoms with Gasteiger partial charge in [0.05, 0.1) is 11.3 Å². The number of pyridine rings is 1. The summed E-state index contributed by atoms with van der Waals surface area (Å²) in [4.78, 5) is 15.7. The molecular weight excluding hydrogens is 200 g/mol. The fourth-order valence-electron chi connectivity index (χ4n) is 1.27. The van der Waals surface area contributed by atoms with Gasteiger partial charge in [-0.3, -0.25) is 9.78 Å². The van der Waals surface area contributed by atoms with Crippen LogP contribution in [0, 0.1) is 0 Å². The Balaban J connectivity index is 2.64. The average Bonchev–Trinajstić information content (AvgIpc) is 2.30. The number of rotatable bonds is 5. The smallest absolute Gasteiger partial charge is 0.252 e. The molecule has 1 heterocycles. The Labute approximate surface area is 96.6 Å². The van der Waals surface area contributed by atoms with Gasteiger partial charge in [0.25, 0.3) is 5.91 Å². The zero-order valence-corrected chi connectivity index (χ0v) is 9.86. The maximum absolute atomic E-state index is 11.4. The lowest BCUT2D eigenvalue weighted by molar-refractivity contribution is 0.0955. The first-order valence-electron chi connectivity index (χ1n) is 5.68. The fraction of sp³-hybridized carbons (Fsp3) is 0.385. The topological polar surface area (TPSA) is 42.0 Å². The number of unbranched alkanes of at least 4 members (excludes halogenated alkanes) is 1. The standard InChI is InChI=1S/C13H18N2O/c1-3-5-6-7-12-9-8-11(10-15-12)13(16)14-4-2/h6-10H,3-5H2,1-2H3,(H,14,16). The molecule has 0 aliphatic carbocycles. The molecule has 0 saturated carbocycles. The summed E-state index contributed by atoms with van der Waals surface area (Å²) in [7, 11) is 0. The zero-order chi connectivity index (χ0) is 11.8. The van der Waals surface area contributed by atoms with E-state index >= 15 is 0 Å². The van der Waals surface area contributed by atoms with Gasteiger partial charge in [-0.15, -0.1) is 0 Å². The zero-order valence-electron chi connectivity index (χ0n) is 9.86. The van der Waals surface area contributed by atoms with Gasteiger partial charge in [0, 0.05) is 12.7 Å². The van der Waals surface area contributed by atoms with E-state index in [0.29, 0.717) is 12.1 Å². The van der Waals surface area contributed by atoms with Gasteiger partial charge in [-0.2, -0.15) is 0 Å². The molecule has 1 amide bonds. The molecule has 0 saturated heterocycles. The van der Waals surface area contributed by atoms with Crippen molar-refractivity contribution in [2.75, 3.05) is 6.54 Å². The lowest BCUT2D eigenvalue weighted by Gasteiger charge is -2.01. The predicted molar refractivity (Wildman–Crippen MR) is 66.2 cm³/mol. The highest BCUT2D eigenvalue weighted by atomic mass is 16.1. The lowest BCUT2D eigenvalue weighted by atomic mass is 10.2. The third-order valence-corrected chi connectivity index (χ3v) is 2.13. The highest BCUT2D eigenvalue weighted by Crippen LogP contribution is 2.03. The minimum Gasteiger partial charge on any atom is -0.352 e. The first kappa shape index (κ1) is 12.4. The summed E-state index contributed by atoms with van der Waals surface area (Å²) in [6.07, 6.45) is 7.86. The summed E-state index contributed by atoms with van der Waals surface area (Å²) in [5.74, 6) is -0.0703. The van der Waals surface area contributed by atoms with Crippen LogP contribution in [0.25, 0.3) is 6.08 Å². The summed E-state index contributed by atoms with van der Waals surface area (Å²) in [6.45, 7) is 4.67. The number of aromatic nitrogens is 1. The molecular formula is C13H18N2O. The van der Waals surface area contributed by atoms with Crippen molar-refractivity contribution in [1.29, 1.82) is 0 Å². The van der Waals surface area contributed by atoms with Crippen LogP contribution in [0.5, 0.6) is 0 Å². The van der Waals surface area contributed by atoms with E-state index in [2.05, 4.69) is 23.3 Å². The lowest BCUT2D eigenvalue weighted by Crippen LogP contribution is -2.22. The SMILES string of the molecule is CCCC=Cc1ccc(C(=O)NCC)cn1. The number of amides is 1. The Bertz CT molecular complexity index is 355. The molecule has 3 heteroatoms. The van der Waals surface area contributed by atoms with E-state index in [9.17, 15) is 4.79 Å². The highest BCUT2D eigenvalue weighted by molar-refractivity contribution is 5.93. The van der Waals surface area contributed by atoms with Gasteiger partial charge in [0.2, 0.25) is 0 Å². The third kappa shape index (κ3) is 3.85. The van der Waals surface area contributed by atoms with Crippen LogP contribution in [0.1, 0.15) is 42.7 Å². The van der Waals surface area contributed by atoms with E-state index in [0.717, 1.165) is 18.5 Å². The Morgan fingerprint density at radius 2 is 2.25 bits per heavy atom. The molecule has 0 unspecified atom stereocenters. The summed E-state index contributed by atoms with van der Waals surface area (Å²) < 4.78 is 0. The van der Waals surface area contributed by atoms with Crippen molar-refractivity contribution in [2.45, 2.75) is 26.7 Å². The molecule has 0 aliphatic heterocycles. The van der Waals surface area contributed by atoms with Gasteiger partial charge >= 0.3 is 0 Å². The molecule has 1 rings (SSSR count). The molecule has 0 fully saturated rings. The molecule has 1 aromatic rings. The minimum absolute atomic E-state index is 0.0703. The second-order valence-corrected chi connectivity index (χ2v) is 3.52. The van der Waals surface area contributed by atoms with Crippen molar-refractivity contribution < 1.29 is 4.79 Å². The first-order chi connectivity index (χ1) is 7.77. The molecule has 1 N–H and O–H groups in total. The van der Waals surface area contributed by atoms with Crippen LogP contribution in [-0.4, -0.2) is 17.4 Å². The number of nitrogens with zero attached hydrogens (tertiary/aromatic N) is 1. The van der Waals surface area contributed by atoms with Crippen LogP contribution >= 0.6 is 0 Å². The molecule has 86 valence electrons. The summed E-state index contributed by atoms with van der Waals surface area (Å²) in [6, 6.07) is 3.65. The van der Waals surface area contributed by atoms with Crippen molar-refractivity contribution in [3.8, 4) is 0 Å². The number of carbonyl (C=O) groups is 1. The maximum atomic E-state index is 11.4. The number of allylic oxidation sites excluding steroid dienone is 1. The number of nitrogens with one attached hydrogen (secondary N) is 1. The minimum atomic E-state index is -0.0703. The fourth-order valence-corrected chi connectivity index (χ4v) is 1.27. The van der Waals surface area contributed by atoms with E-state index in [1.807, 2.05) is 19.1 Å². The molecule has 0 atom stereocenters. The quantitative estimate of drug-likeness (QED) is 0.825.